The van der Waals surface area contributed by atoms with E-state index in [9.17, 15) is 14.4 Å². The zero-order valence-electron chi connectivity index (χ0n) is 16.5. The summed E-state index contributed by atoms with van der Waals surface area (Å²) in [5.74, 6) is -0.992. The van der Waals surface area contributed by atoms with Gasteiger partial charge in [0.1, 0.15) is 4.88 Å². The average molecular weight is 422 g/mol. The van der Waals surface area contributed by atoms with Crippen LogP contribution in [0.5, 0.6) is 17.2 Å². The van der Waals surface area contributed by atoms with E-state index in [0.717, 1.165) is 11.3 Å². The second-order valence-corrected chi connectivity index (χ2v) is 6.81. The Kier molecular flexibility index (Phi) is 7.43. The Labute approximate surface area is 171 Å². The number of hydrogen-bond donors (Lipinski definition) is 2. The zero-order valence-corrected chi connectivity index (χ0v) is 17.3. The van der Waals surface area contributed by atoms with Crippen LogP contribution in [-0.2, 0) is 9.53 Å². The molecule has 29 heavy (non-hydrogen) atoms. The molecule has 1 aromatic heterocycles. The van der Waals surface area contributed by atoms with E-state index in [2.05, 4.69) is 5.32 Å². The van der Waals surface area contributed by atoms with Crippen molar-refractivity contribution < 1.29 is 33.3 Å². The van der Waals surface area contributed by atoms with E-state index in [1.807, 2.05) is 0 Å². The Hall–Kier alpha value is -3.27. The van der Waals surface area contributed by atoms with Gasteiger partial charge in [-0.1, -0.05) is 0 Å². The molecule has 1 heterocycles. The van der Waals surface area contributed by atoms with Crippen molar-refractivity contribution in [2.75, 3.05) is 32.8 Å². The molecular formula is C19H22N2O7S. The molecule has 0 saturated heterocycles. The van der Waals surface area contributed by atoms with Crippen molar-refractivity contribution in [3.8, 4) is 17.2 Å². The molecule has 0 unspecified atom stereocenters. The molecule has 9 nitrogen and oxygen atoms in total. The topological polar surface area (TPSA) is 126 Å². The number of aryl methyl sites for hydroxylation is 1. The van der Waals surface area contributed by atoms with Crippen molar-refractivity contribution in [3.05, 3.63) is 34.2 Å². The van der Waals surface area contributed by atoms with Crippen LogP contribution in [0.4, 0.5) is 5.00 Å². The number of ether oxygens (including phenoxy) is 4. The van der Waals surface area contributed by atoms with E-state index in [0.29, 0.717) is 15.4 Å². The van der Waals surface area contributed by atoms with Crippen molar-refractivity contribution in [3.63, 3.8) is 0 Å². The highest BCUT2D eigenvalue weighted by Gasteiger charge is 2.20. The third-order valence-corrected chi connectivity index (χ3v) is 4.83. The second kappa shape index (κ2) is 9.78. The van der Waals surface area contributed by atoms with Crippen LogP contribution in [0.1, 0.15) is 32.5 Å². The van der Waals surface area contributed by atoms with Crippen LogP contribution in [-0.4, -0.2) is 45.2 Å². The lowest BCUT2D eigenvalue weighted by molar-refractivity contribution is -0.120. The summed E-state index contributed by atoms with van der Waals surface area (Å²) in [4.78, 5) is 36.1. The number of nitrogens with two attached hydrogens (primary N) is 1. The molecule has 1 aromatic carbocycles. The monoisotopic (exact) mass is 422 g/mol. The minimum atomic E-state index is -0.665. The molecule has 0 bridgehead atoms. The van der Waals surface area contributed by atoms with Crippen molar-refractivity contribution in [2.24, 2.45) is 5.73 Å². The summed E-state index contributed by atoms with van der Waals surface area (Å²) in [7, 11) is 2.78. The van der Waals surface area contributed by atoms with Crippen molar-refractivity contribution in [2.45, 2.75) is 13.8 Å². The number of amides is 2. The maximum atomic E-state index is 12.7. The van der Waals surface area contributed by atoms with Gasteiger partial charge in [0.05, 0.1) is 25.8 Å². The smallest absolute Gasteiger partial charge is 0.348 e. The first kappa shape index (κ1) is 22.0. The number of nitrogens with one attached hydrogen (secondary N) is 1. The fourth-order valence-corrected chi connectivity index (χ4v) is 3.39. The van der Waals surface area contributed by atoms with Gasteiger partial charge in [0.25, 0.3) is 11.8 Å². The Bertz CT molecular complexity index is 898. The van der Waals surface area contributed by atoms with Crippen LogP contribution in [0.2, 0.25) is 0 Å². The lowest BCUT2D eigenvalue weighted by atomic mass is 10.1. The van der Waals surface area contributed by atoms with Gasteiger partial charge in [0.15, 0.2) is 18.1 Å². The van der Waals surface area contributed by atoms with Crippen LogP contribution in [0.25, 0.3) is 0 Å². The Morgan fingerprint density at radius 1 is 1.10 bits per heavy atom. The number of anilines is 1. The van der Waals surface area contributed by atoms with Crippen LogP contribution in [0.3, 0.4) is 0 Å². The van der Waals surface area contributed by atoms with Crippen LogP contribution < -0.4 is 25.3 Å². The van der Waals surface area contributed by atoms with Gasteiger partial charge in [0.2, 0.25) is 5.75 Å². The summed E-state index contributed by atoms with van der Waals surface area (Å²) in [5.41, 5.74) is 6.03. The highest BCUT2D eigenvalue weighted by molar-refractivity contribution is 7.18. The van der Waals surface area contributed by atoms with Crippen molar-refractivity contribution in [1.82, 2.24) is 0 Å². The fraction of sp³-hybridized carbons (Fsp3) is 0.316. The van der Waals surface area contributed by atoms with Gasteiger partial charge in [0, 0.05) is 5.56 Å². The maximum absolute atomic E-state index is 12.7. The van der Waals surface area contributed by atoms with E-state index in [1.54, 1.807) is 19.9 Å². The molecule has 0 aliphatic heterocycles. The Morgan fingerprint density at radius 2 is 1.72 bits per heavy atom. The van der Waals surface area contributed by atoms with Crippen LogP contribution in [0.15, 0.2) is 18.2 Å². The summed E-state index contributed by atoms with van der Waals surface area (Å²) in [6.07, 6.45) is 0. The number of carbonyl (C=O) groups excluding carboxylic acids is 3. The van der Waals surface area contributed by atoms with Gasteiger partial charge in [-0.05, 0) is 37.6 Å². The van der Waals surface area contributed by atoms with Gasteiger partial charge in [-0.25, -0.2) is 4.79 Å². The molecule has 2 amide bonds. The van der Waals surface area contributed by atoms with Gasteiger partial charge < -0.3 is 30.0 Å². The predicted octanol–water partition coefficient (Wildman–Crippen LogP) is 2.37. The molecule has 0 fully saturated rings. The Morgan fingerprint density at radius 3 is 2.24 bits per heavy atom. The third kappa shape index (κ3) is 5.38. The number of carbonyl (C=O) groups is 3. The average Bonchev–Trinajstić information content (AvgIpc) is 3.05. The minimum absolute atomic E-state index is 0.155. The lowest BCUT2D eigenvalue weighted by Gasteiger charge is -2.15. The molecule has 3 N–H and O–H groups in total. The van der Waals surface area contributed by atoms with Gasteiger partial charge in [-0.2, -0.15) is 0 Å². The minimum Gasteiger partial charge on any atom is -0.493 e. The number of thiophene rings is 1. The van der Waals surface area contributed by atoms with Crippen molar-refractivity contribution in [1.29, 1.82) is 0 Å². The summed E-state index contributed by atoms with van der Waals surface area (Å²) >= 11 is 1.12. The van der Waals surface area contributed by atoms with Gasteiger partial charge in [-0.15, -0.1) is 11.3 Å². The predicted molar refractivity (Wildman–Crippen MR) is 107 cm³/mol. The van der Waals surface area contributed by atoms with E-state index in [-0.39, 0.29) is 36.0 Å². The second-order valence-electron chi connectivity index (χ2n) is 5.76. The number of rotatable bonds is 9. The van der Waals surface area contributed by atoms with Gasteiger partial charge >= 0.3 is 5.97 Å². The zero-order chi connectivity index (χ0) is 21.6. The molecule has 0 radical (unpaired) electrons. The molecule has 0 saturated carbocycles. The van der Waals surface area contributed by atoms with E-state index in [1.165, 1.54) is 26.4 Å². The lowest BCUT2D eigenvalue weighted by Crippen LogP contribution is -2.20. The molecular weight excluding hydrogens is 400 g/mol. The first-order chi connectivity index (χ1) is 13.8. The summed E-state index contributed by atoms with van der Waals surface area (Å²) in [6, 6.07) is 4.58. The normalized spacial score (nSPS) is 10.2. The largest absolute Gasteiger partial charge is 0.493 e. The van der Waals surface area contributed by atoms with E-state index < -0.39 is 17.8 Å². The molecule has 156 valence electrons. The fourth-order valence-electron chi connectivity index (χ4n) is 2.42. The Balaban J connectivity index is 2.28. The highest BCUT2D eigenvalue weighted by atomic mass is 32.1. The molecule has 0 spiro atoms. The number of primary amides is 1. The molecule has 0 aliphatic rings. The molecule has 0 aliphatic carbocycles. The number of esters is 1. The van der Waals surface area contributed by atoms with Crippen LogP contribution >= 0.6 is 11.3 Å². The highest BCUT2D eigenvalue weighted by Crippen LogP contribution is 2.39. The third-order valence-electron chi connectivity index (χ3n) is 3.70. The van der Waals surface area contributed by atoms with Crippen molar-refractivity contribution >= 4 is 34.1 Å². The summed E-state index contributed by atoms with van der Waals surface area (Å²) < 4.78 is 20.8. The summed E-state index contributed by atoms with van der Waals surface area (Å²) in [5, 5.41) is 3.22. The SMILES string of the molecule is CCOC(=O)c1sc(NC(=O)c2cc(OC)c(OCC(N)=O)c(OC)c2)cc1C. The van der Waals surface area contributed by atoms with E-state index in [4.69, 9.17) is 24.7 Å². The number of hydrogen-bond acceptors (Lipinski definition) is 8. The van der Waals surface area contributed by atoms with Gasteiger partial charge in [-0.3, -0.25) is 9.59 Å². The quantitative estimate of drug-likeness (QED) is 0.594. The number of methoxy groups -OCH3 is 2. The standard InChI is InChI=1S/C19H22N2O7S/c1-5-27-19(24)17-10(2)6-15(29-17)21-18(23)11-7-12(25-3)16(13(8-11)26-4)28-9-14(20)22/h6-8H,5,9H2,1-4H3,(H2,20,22)(H,21,23). The maximum Gasteiger partial charge on any atom is 0.348 e. The first-order valence-electron chi connectivity index (χ1n) is 8.56. The van der Waals surface area contributed by atoms with E-state index >= 15 is 0 Å². The molecule has 10 heteroatoms. The molecule has 2 aromatic rings. The first-order valence-corrected chi connectivity index (χ1v) is 9.38. The molecule has 2 rings (SSSR count). The molecule has 0 atom stereocenters. The number of benzene rings is 1. The van der Waals surface area contributed by atoms with Crippen LogP contribution in [0, 0.1) is 6.92 Å². The summed E-state index contributed by atoms with van der Waals surface area (Å²) in [6.45, 7) is 3.38.